The minimum absolute atomic E-state index is 0.615. The van der Waals surface area contributed by atoms with Crippen molar-refractivity contribution in [1.29, 1.82) is 5.26 Å². The summed E-state index contributed by atoms with van der Waals surface area (Å²) in [4.78, 5) is 0. The van der Waals surface area contributed by atoms with Gasteiger partial charge in [-0.3, -0.25) is 0 Å². The van der Waals surface area contributed by atoms with Gasteiger partial charge in [0.05, 0.1) is 25.9 Å². The van der Waals surface area contributed by atoms with E-state index in [9.17, 15) is 5.26 Å². The van der Waals surface area contributed by atoms with Gasteiger partial charge in [-0.2, -0.15) is 5.26 Å². The summed E-state index contributed by atoms with van der Waals surface area (Å²) in [6.45, 7) is 0. The normalized spacial score (nSPS) is 10.2. The van der Waals surface area contributed by atoms with Gasteiger partial charge >= 0.3 is 0 Å². The van der Waals surface area contributed by atoms with Gasteiger partial charge in [0.25, 0.3) is 0 Å². The SMILES string of the molecule is COc1ccc(-c2ccc3cc(OC)cc(C#N)c3c2)cc1. The first kappa shape index (κ1) is 14.0. The van der Waals surface area contributed by atoms with Crippen LogP contribution in [0.1, 0.15) is 5.56 Å². The Labute approximate surface area is 129 Å². The molecule has 0 N–H and O–H groups in total. The number of hydrogen-bond donors (Lipinski definition) is 0. The zero-order valence-electron chi connectivity index (χ0n) is 12.5. The van der Waals surface area contributed by atoms with Crippen molar-refractivity contribution in [2.24, 2.45) is 0 Å². The number of fused-ring (bicyclic) bond motifs is 1. The van der Waals surface area contributed by atoms with E-state index < -0.39 is 0 Å². The summed E-state index contributed by atoms with van der Waals surface area (Å²) in [5.74, 6) is 1.52. The van der Waals surface area contributed by atoms with Crippen LogP contribution < -0.4 is 9.47 Å². The molecule has 0 bridgehead atoms. The van der Waals surface area contributed by atoms with E-state index in [0.717, 1.165) is 27.6 Å². The van der Waals surface area contributed by atoms with E-state index in [-0.39, 0.29) is 0 Å². The van der Waals surface area contributed by atoms with Crippen molar-refractivity contribution in [3.8, 4) is 28.7 Å². The lowest BCUT2D eigenvalue weighted by atomic mass is 9.98. The van der Waals surface area contributed by atoms with E-state index in [0.29, 0.717) is 11.3 Å². The van der Waals surface area contributed by atoms with Crippen LogP contribution in [0.25, 0.3) is 21.9 Å². The fourth-order valence-electron chi connectivity index (χ4n) is 2.50. The molecule has 0 saturated heterocycles. The molecular weight excluding hydrogens is 274 g/mol. The Bertz CT molecular complexity index is 861. The molecule has 0 atom stereocenters. The molecule has 0 saturated carbocycles. The lowest BCUT2D eigenvalue weighted by Crippen LogP contribution is -1.88. The monoisotopic (exact) mass is 289 g/mol. The largest absolute Gasteiger partial charge is 0.497 e. The maximum absolute atomic E-state index is 9.36. The summed E-state index contributed by atoms with van der Waals surface area (Å²) in [6, 6.07) is 19.9. The second kappa shape index (κ2) is 5.79. The number of nitrogens with zero attached hydrogens (tertiary/aromatic N) is 1. The number of methoxy groups -OCH3 is 2. The van der Waals surface area contributed by atoms with Crippen molar-refractivity contribution in [2.75, 3.05) is 14.2 Å². The molecule has 3 aromatic rings. The molecule has 0 aromatic heterocycles. The molecule has 108 valence electrons. The molecule has 22 heavy (non-hydrogen) atoms. The average molecular weight is 289 g/mol. The van der Waals surface area contributed by atoms with Crippen LogP contribution in [0.5, 0.6) is 11.5 Å². The lowest BCUT2D eigenvalue weighted by Gasteiger charge is -2.08. The molecule has 3 heteroatoms. The smallest absolute Gasteiger partial charge is 0.120 e. The first-order chi connectivity index (χ1) is 10.7. The third-order valence-corrected chi connectivity index (χ3v) is 3.71. The van der Waals surface area contributed by atoms with Gasteiger partial charge < -0.3 is 9.47 Å². The van der Waals surface area contributed by atoms with E-state index >= 15 is 0 Å². The number of rotatable bonds is 3. The Balaban J connectivity index is 2.14. The van der Waals surface area contributed by atoms with Gasteiger partial charge in [0.2, 0.25) is 0 Å². The molecular formula is C19H15NO2. The highest BCUT2D eigenvalue weighted by Gasteiger charge is 2.07. The third kappa shape index (κ3) is 2.47. The number of hydrogen-bond acceptors (Lipinski definition) is 3. The zero-order chi connectivity index (χ0) is 15.5. The van der Waals surface area contributed by atoms with Gasteiger partial charge in [-0.1, -0.05) is 24.3 Å². The highest BCUT2D eigenvalue weighted by Crippen LogP contribution is 2.30. The summed E-state index contributed by atoms with van der Waals surface area (Å²) in [7, 11) is 3.26. The molecule has 0 spiro atoms. The standard InChI is InChI=1S/C19H15NO2/c1-21-17-7-5-13(6-8-17)14-3-4-15-9-18(22-2)10-16(12-20)19(15)11-14/h3-11H,1-2H3. The predicted octanol–water partition coefficient (Wildman–Crippen LogP) is 4.40. The Morgan fingerprint density at radius 3 is 2.09 bits per heavy atom. The van der Waals surface area contributed by atoms with Crippen molar-refractivity contribution in [3.05, 3.63) is 60.2 Å². The van der Waals surface area contributed by atoms with Gasteiger partial charge in [-0.25, -0.2) is 0 Å². The van der Waals surface area contributed by atoms with Gasteiger partial charge in [0, 0.05) is 5.39 Å². The summed E-state index contributed by atoms with van der Waals surface area (Å²) >= 11 is 0. The van der Waals surface area contributed by atoms with E-state index in [1.54, 1.807) is 20.3 Å². The first-order valence-corrected chi connectivity index (χ1v) is 6.91. The molecule has 0 aliphatic rings. The molecule has 0 amide bonds. The van der Waals surface area contributed by atoms with Crippen LogP contribution in [0.2, 0.25) is 0 Å². The number of nitriles is 1. The maximum Gasteiger partial charge on any atom is 0.120 e. The molecule has 0 unspecified atom stereocenters. The topological polar surface area (TPSA) is 42.2 Å². The van der Waals surface area contributed by atoms with E-state index in [1.165, 1.54) is 0 Å². The molecule has 0 aliphatic heterocycles. The Morgan fingerprint density at radius 1 is 0.773 bits per heavy atom. The van der Waals surface area contributed by atoms with Crippen molar-refractivity contribution >= 4 is 10.8 Å². The van der Waals surface area contributed by atoms with Crippen molar-refractivity contribution < 1.29 is 9.47 Å². The predicted molar refractivity (Wildman–Crippen MR) is 87.2 cm³/mol. The fraction of sp³-hybridized carbons (Fsp3) is 0.105. The number of benzene rings is 3. The van der Waals surface area contributed by atoms with Gasteiger partial charge in [-0.15, -0.1) is 0 Å². The fourth-order valence-corrected chi connectivity index (χ4v) is 2.50. The quantitative estimate of drug-likeness (QED) is 0.718. The maximum atomic E-state index is 9.36. The molecule has 0 aliphatic carbocycles. The lowest BCUT2D eigenvalue weighted by molar-refractivity contribution is 0.415. The van der Waals surface area contributed by atoms with Crippen LogP contribution in [0.4, 0.5) is 0 Å². The minimum atomic E-state index is 0.615. The van der Waals surface area contributed by atoms with Crippen molar-refractivity contribution in [3.63, 3.8) is 0 Å². The molecule has 3 rings (SSSR count). The van der Waals surface area contributed by atoms with Crippen LogP contribution in [-0.4, -0.2) is 14.2 Å². The van der Waals surface area contributed by atoms with E-state index in [1.807, 2.05) is 48.5 Å². The average Bonchev–Trinajstić information content (AvgIpc) is 2.60. The Kier molecular flexibility index (Phi) is 3.67. The van der Waals surface area contributed by atoms with Gasteiger partial charge in [-0.05, 0) is 46.8 Å². The van der Waals surface area contributed by atoms with Crippen LogP contribution in [0.3, 0.4) is 0 Å². The van der Waals surface area contributed by atoms with Crippen LogP contribution in [0, 0.1) is 11.3 Å². The summed E-state index contributed by atoms with van der Waals surface area (Å²) in [5, 5.41) is 11.3. The number of ether oxygens (including phenoxy) is 2. The Hall–Kier alpha value is -2.99. The highest BCUT2D eigenvalue weighted by atomic mass is 16.5. The van der Waals surface area contributed by atoms with Crippen LogP contribution in [0.15, 0.2) is 54.6 Å². The molecule has 0 heterocycles. The van der Waals surface area contributed by atoms with E-state index in [4.69, 9.17) is 9.47 Å². The molecule has 0 radical (unpaired) electrons. The first-order valence-electron chi connectivity index (χ1n) is 6.91. The minimum Gasteiger partial charge on any atom is -0.497 e. The van der Waals surface area contributed by atoms with E-state index in [2.05, 4.69) is 6.07 Å². The van der Waals surface area contributed by atoms with Crippen LogP contribution >= 0.6 is 0 Å². The second-order valence-electron chi connectivity index (χ2n) is 4.95. The molecule has 0 fully saturated rings. The third-order valence-electron chi connectivity index (χ3n) is 3.71. The molecule has 3 aromatic carbocycles. The Morgan fingerprint density at radius 2 is 1.45 bits per heavy atom. The molecule has 3 nitrogen and oxygen atoms in total. The van der Waals surface area contributed by atoms with Crippen molar-refractivity contribution in [1.82, 2.24) is 0 Å². The van der Waals surface area contributed by atoms with Crippen molar-refractivity contribution in [2.45, 2.75) is 0 Å². The van der Waals surface area contributed by atoms with Crippen LogP contribution in [-0.2, 0) is 0 Å². The summed E-state index contributed by atoms with van der Waals surface area (Å²) in [6.07, 6.45) is 0. The summed E-state index contributed by atoms with van der Waals surface area (Å²) < 4.78 is 10.4. The second-order valence-corrected chi connectivity index (χ2v) is 4.95. The summed E-state index contributed by atoms with van der Waals surface area (Å²) in [5.41, 5.74) is 2.77. The van der Waals surface area contributed by atoms with Gasteiger partial charge in [0.1, 0.15) is 11.5 Å². The zero-order valence-corrected chi connectivity index (χ0v) is 12.5. The van der Waals surface area contributed by atoms with Gasteiger partial charge in [0.15, 0.2) is 0 Å². The highest BCUT2D eigenvalue weighted by molar-refractivity contribution is 5.92.